The van der Waals surface area contributed by atoms with E-state index >= 15 is 0 Å². The topological polar surface area (TPSA) is 67.2 Å². The molecule has 4 aromatic rings. The Bertz CT molecular complexity index is 1240. The Morgan fingerprint density at radius 3 is 2.21 bits per heavy atom. The fraction of sp³-hybridized carbons (Fsp3) is 0.115. The number of nitrogens with zero attached hydrogens (tertiary/aromatic N) is 3. The molecule has 3 aromatic carbocycles. The number of rotatable bonds is 7. The van der Waals surface area contributed by atoms with Gasteiger partial charge in [0.2, 0.25) is 11.9 Å². The molecule has 0 spiro atoms. The summed E-state index contributed by atoms with van der Waals surface area (Å²) in [7, 11) is 0. The van der Waals surface area contributed by atoms with Gasteiger partial charge >= 0.3 is 0 Å². The van der Waals surface area contributed by atoms with Gasteiger partial charge in [-0.3, -0.25) is 19.5 Å². The van der Waals surface area contributed by atoms with Crippen molar-refractivity contribution in [2.45, 2.75) is 6.92 Å². The molecule has 0 radical (unpaired) electrons. The third-order valence-corrected chi connectivity index (χ3v) is 5.16. The van der Waals surface area contributed by atoms with Crippen molar-refractivity contribution in [1.29, 1.82) is 0 Å². The van der Waals surface area contributed by atoms with Gasteiger partial charge in [-0.1, -0.05) is 48.5 Å². The Kier molecular flexibility index (Phi) is 6.59. The first-order valence-corrected chi connectivity index (χ1v) is 10.6. The van der Waals surface area contributed by atoms with Gasteiger partial charge in [0, 0.05) is 29.6 Å². The van der Waals surface area contributed by atoms with Gasteiger partial charge < -0.3 is 4.90 Å². The van der Waals surface area contributed by atoms with E-state index in [0.29, 0.717) is 23.8 Å². The van der Waals surface area contributed by atoms with E-state index in [1.54, 1.807) is 11.5 Å². The molecule has 0 aliphatic rings. The Morgan fingerprint density at radius 1 is 0.939 bits per heavy atom. The van der Waals surface area contributed by atoms with E-state index in [9.17, 15) is 14.0 Å². The van der Waals surface area contributed by atoms with Crippen LogP contribution < -0.4 is 5.32 Å². The van der Waals surface area contributed by atoms with E-state index in [1.165, 1.54) is 29.2 Å². The zero-order valence-corrected chi connectivity index (χ0v) is 18.1. The van der Waals surface area contributed by atoms with Crippen LogP contribution in [0.5, 0.6) is 0 Å². The highest BCUT2D eigenvalue weighted by atomic mass is 19.1. The number of aromatic nitrogens is 2. The van der Waals surface area contributed by atoms with Gasteiger partial charge in [-0.25, -0.2) is 9.37 Å². The number of hydrogen-bond donors (Lipinski definition) is 1. The predicted octanol–water partition coefficient (Wildman–Crippen LogP) is 4.78. The molecule has 1 N–H and O–H groups in total. The summed E-state index contributed by atoms with van der Waals surface area (Å²) in [6.45, 7) is 1.95. The van der Waals surface area contributed by atoms with Crippen molar-refractivity contribution in [3.05, 3.63) is 103 Å². The minimum Gasteiger partial charge on any atom is -0.330 e. The van der Waals surface area contributed by atoms with Gasteiger partial charge in [0.15, 0.2) is 0 Å². The summed E-state index contributed by atoms with van der Waals surface area (Å²) >= 11 is 0. The lowest BCUT2D eigenvalue weighted by Gasteiger charge is -2.20. The highest BCUT2D eigenvalue weighted by Gasteiger charge is 2.20. The molecule has 0 aliphatic heterocycles. The summed E-state index contributed by atoms with van der Waals surface area (Å²) < 4.78 is 15.0. The van der Waals surface area contributed by atoms with Crippen molar-refractivity contribution < 1.29 is 14.0 Å². The molecule has 0 fully saturated rings. The summed E-state index contributed by atoms with van der Waals surface area (Å²) in [4.78, 5) is 31.7. The van der Waals surface area contributed by atoms with E-state index in [1.807, 2.05) is 66.9 Å². The lowest BCUT2D eigenvalue weighted by Crippen LogP contribution is -2.38. The number of hydrogen-bond acceptors (Lipinski definition) is 3. The van der Waals surface area contributed by atoms with Gasteiger partial charge in [-0.15, -0.1) is 0 Å². The molecule has 1 heterocycles. The average Bonchev–Trinajstić information content (AvgIpc) is 3.27. The van der Waals surface area contributed by atoms with Crippen LogP contribution in [-0.4, -0.2) is 39.4 Å². The van der Waals surface area contributed by atoms with Crippen LogP contribution >= 0.6 is 0 Å². The van der Waals surface area contributed by atoms with Gasteiger partial charge in [-0.2, -0.15) is 0 Å². The number of carbonyl (C=O) groups is 2. The fourth-order valence-electron chi connectivity index (χ4n) is 3.44. The number of halogens is 1. The van der Waals surface area contributed by atoms with E-state index < -0.39 is 5.82 Å². The number of nitrogens with one attached hydrogen (secondary N) is 1. The Morgan fingerprint density at radius 2 is 1.58 bits per heavy atom. The molecule has 0 aliphatic carbocycles. The Labute approximate surface area is 191 Å². The largest absolute Gasteiger partial charge is 0.330 e. The standard InChI is InChI=1S/C26H23FN4O2/c1-2-30(25(33)20-13-15-21(27)16-14-20)18-24(32)29-26-28-23(19-9-5-3-6-10-19)17-31(26)22-11-7-4-8-12-22/h3-17H,2,18H2,1H3,(H,28,29,32). The molecule has 0 unspecified atom stereocenters. The summed E-state index contributed by atoms with van der Waals surface area (Å²) in [6.07, 6.45) is 1.86. The third kappa shape index (κ3) is 5.15. The number of amides is 2. The van der Waals surface area contributed by atoms with E-state index in [0.717, 1.165) is 11.3 Å². The number of anilines is 1. The van der Waals surface area contributed by atoms with Crippen molar-refractivity contribution in [3.63, 3.8) is 0 Å². The van der Waals surface area contributed by atoms with Crippen LogP contribution in [0.1, 0.15) is 17.3 Å². The number of carbonyl (C=O) groups excluding carboxylic acids is 2. The lowest BCUT2D eigenvalue weighted by atomic mass is 10.2. The first-order chi connectivity index (χ1) is 16.0. The smallest absolute Gasteiger partial charge is 0.254 e. The molecule has 0 saturated heterocycles. The van der Waals surface area contributed by atoms with E-state index in [4.69, 9.17) is 0 Å². The quantitative estimate of drug-likeness (QED) is 0.448. The molecule has 2 amide bonds. The summed E-state index contributed by atoms with van der Waals surface area (Å²) in [6, 6.07) is 24.5. The second-order valence-electron chi connectivity index (χ2n) is 7.40. The normalized spacial score (nSPS) is 10.6. The molecule has 0 saturated carbocycles. The Hall–Kier alpha value is -4.26. The average molecular weight is 442 g/mol. The lowest BCUT2D eigenvalue weighted by molar-refractivity contribution is -0.116. The van der Waals surface area contributed by atoms with Crippen LogP contribution in [0.4, 0.5) is 10.3 Å². The number of para-hydroxylation sites is 1. The molecule has 7 heteroatoms. The summed E-state index contributed by atoms with van der Waals surface area (Å²) in [5, 5.41) is 2.84. The number of imidazole rings is 1. The van der Waals surface area contributed by atoms with Crippen molar-refractivity contribution in [3.8, 4) is 16.9 Å². The number of benzene rings is 3. The van der Waals surface area contributed by atoms with Gasteiger partial charge in [0.05, 0.1) is 5.69 Å². The summed E-state index contributed by atoms with van der Waals surface area (Å²) in [5.41, 5.74) is 2.80. The van der Waals surface area contributed by atoms with Gasteiger partial charge in [0.1, 0.15) is 12.4 Å². The second-order valence-corrected chi connectivity index (χ2v) is 7.40. The predicted molar refractivity (Wildman–Crippen MR) is 126 cm³/mol. The first-order valence-electron chi connectivity index (χ1n) is 10.6. The van der Waals surface area contributed by atoms with Crippen LogP contribution in [-0.2, 0) is 4.79 Å². The maximum absolute atomic E-state index is 13.2. The molecule has 4 rings (SSSR count). The van der Waals surface area contributed by atoms with Gasteiger partial charge in [0.25, 0.3) is 5.91 Å². The van der Waals surface area contributed by atoms with Gasteiger partial charge in [-0.05, 0) is 43.3 Å². The van der Waals surface area contributed by atoms with Crippen LogP contribution in [0.25, 0.3) is 16.9 Å². The minimum atomic E-state index is -0.422. The van der Waals surface area contributed by atoms with Crippen LogP contribution in [0, 0.1) is 5.82 Å². The fourth-order valence-corrected chi connectivity index (χ4v) is 3.44. The molecule has 1 aromatic heterocycles. The van der Waals surface area contributed by atoms with Crippen molar-refractivity contribution in [2.24, 2.45) is 0 Å². The molecule has 6 nitrogen and oxygen atoms in total. The zero-order chi connectivity index (χ0) is 23.2. The van der Waals surface area contributed by atoms with E-state index in [-0.39, 0.29) is 18.4 Å². The number of likely N-dealkylation sites (N-methyl/N-ethyl adjacent to an activating group) is 1. The van der Waals surface area contributed by atoms with E-state index in [2.05, 4.69) is 10.3 Å². The van der Waals surface area contributed by atoms with Crippen molar-refractivity contribution in [2.75, 3.05) is 18.4 Å². The molecule has 0 bridgehead atoms. The zero-order valence-electron chi connectivity index (χ0n) is 18.1. The highest BCUT2D eigenvalue weighted by Crippen LogP contribution is 2.24. The van der Waals surface area contributed by atoms with Crippen LogP contribution in [0.15, 0.2) is 91.1 Å². The molecular weight excluding hydrogens is 419 g/mol. The SMILES string of the molecule is CCN(CC(=O)Nc1nc(-c2ccccc2)cn1-c1ccccc1)C(=O)c1ccc(F)cc1. The molecule has 33 heavy (non-hydrogen) atoms. The monoisotopic (exact) mass is 442 g/mol. The highest BCUT2D eigenvalue weighted by molar-refractivity contribution is 5.99. The van der Waals surface area contributed by atoms with Crippen LogP contribution in [0.3, 0.4) is 0 Å². The van der Waals surface area contributed by atoms with Crippen LogP contribution in [0.2, 0.25) is 0 Å². The third-order valence-electron chi connectivity index (χ3n) is 5.16. The maximum atomic E-state index is 13.2. The molecular formula is C26H23FN4O2. The minimum absolute atomic E-state index is 0.158. The van der Waals surface area contributed by atoms with Crippen molar-refractivity contribution in [1.82, 2.24) is 14.5 Å². The molecule has 0 atom stereocenters. The molecule has 166 valence electrons. The second kappa shape index (κ2) is 9.91. The maximum Gasteiger partial charge on any atom is 0.254 e. The van der Waals surface area contributed by atoms with Crippen molar-refractivity contribution >= 4 is 17.8 Å². The Balaban J connectivity index is 1.57. The summed E-state index contributed by atoms with van der Waals surface area (Å²) in [5.74, 6) is -0.789. The first kappa shape index (κ1) is 22.0.